The van der Waals surface area contributed by atoms with Crippen LogP contribution < -0.4 is 15.4 Å². The number of anilines is 2. The van der Waals surface area contributed by atoms with Crippen LogP contribution in [0.25, 0.3) is 0 Å². The molecule has 0 aliphatic heterocycles. The van der Waals surface area contributed by atoms with Crippen LogP contribution in [0.2, 0.25) is 0 Å². The van der Waals surface area contributed by atoms with Crippen molar-refractivity contribution in [1.82, 2.24) is 9.78 Å². The van der Waals surface area contributed by atoms with Crippen LogP contribution in [0, 0.1) is 10.1 Å². The van der Waals surface area contributed by atoms with Gasteiger partial charge < -0.3 is 15.4 Å². The van der Waals surface area contributed by atoms with E-state index in [1.54, 1.807) is 29.2 Å². The molecular formula is C19H19N5O3S. The predicted molar refractivity (Wildman–Crippen MR) is 112 cm³/mol. The summed E-state index contributed by atoms with van der Waals surface area (Å²) in [6.07, 6.45) is 4.39. The summed E-state index contributed by atoms with van der Waals surface area (Å²) in [6, 6.07) is 13.9. The third-order valence-electron chi connectivity index (χ3n) is 3.92. The standard InChI is InChI=1S/C19H19N5O3S/c1-2-14-3-9-18(10-4-14)27-13-23-12-16(11-20-23)22-19(28)21-15-5-7-17(8-6-15)24(25)26/h3-12H,2,13H2,1H3,(H2,21,22,28). The van der Waals surface area contributed by atoms with E-state index in [0.29, 0.717) is 16.5 Å². The smallest absolute Gasteiger partial charge is 0.269 e. The minimum Gasteiger partial charge on any atom is -0.471 e. The fourth-order valence-corrected chi connectivity index (χ4v) is 2.66. The molecule has 0 atom stereocenters. The van der Waals surface area contributed by atoms with Gasteiger partial charge in [0.25, 0.3) is 5.69 Å². The number of ether oxygens (including phenoxy) is 1. The van der Waals surface area contributed by atoms with E-state index in [-0.39, 0.29) is 12.4 Å². The van der Waals surface area contributed by atoms with Crippen LogP contribution in [0.1, 0.15) is 12.5 Å². The molecule has 0 fully saturated rings. The Hall–Kier alpha value is -3.46. The van der Waals surface area contributed by atoms with Crippen molar-refractivity contribution in [2.45, 2.75) is 20.1 Å². The molecule has 0 aliphatic rings. The van der Waals surface area contributed by atoms with Gasteiger partial charge in [-0.05, 0) is 48.5 Å². The molecule has 0 radical (unpaired) electrons. The average molecular weight is 397 g/mol. The molecule has 0 saturated heterocycles. The van der Waals surface area contributed by atoms with Crippen LogP contribution in [0.3, 0.4) is 0 Å². The van der Waals surface area contributed by atoms with Crippen LogP contribution >= 0.6 is 12.2 Å². The number of nitro benzene ring substituents is 1. The van der Waals surface area contributed by atoms with E-state index in [4.69, 9.17) is 17.0 Å². The molecule has 3 aromatic rings. The first-order valence-corrected chi connectivity index (χ1v) is 9.01. The molecule has 9 heteroatoms. The van der Waals surface area contributed by atoms with Gasteiger partial charge in [0.15, 0.2) is 11.8 Å². The second-order valence-electron chi connectivity index (χ2n) is 5.92. The molecular weight excluding hydrogens is 378 g/mol. The van der Waals surface area contributed by atoms with Crippen molar-refractivity contribution >= 4 is 34.4 Å². The van der Waals surface area contributed by atoms with E-state index in [2.05, 4.69) is 22.7 Å². The van der Waals surface area contributed by atoms with Crippen molar-refractivity contribution in [2.24, 2.45) is 0 Å². The molecule has 8 nitrogen and oxygen atoms in total. The Morgan fingerprint density at radius 3 is 2.46 bits per heavy atom. The van der Waals surface area contributed by atoms with Gasteiger partial charge in [0.1, 0.15) is 5.75 Å². The summed E-state index contributed by atoms with van der Waals surface area (Å²) >= 11 is 5.25. The maximum absolute atomic E-state index is 10.7. The number of nitro groups is 1. The third-order valence-corrected chi connectivity index (χ3v) is 4.13. The number of aromatic nitrogens is 2. The van der Waals surface area contributed by atoms with E-state index in [1.165, 1.54) is 17.7 Å². The molecule has 2 N–H and O–H groups in total. The molecule has 0 amide bonds. The summed E-state index contributed by atoms with van der Waals surface area (Å²) in [6.45, 7) is 2.38. The lowest BCUT2D eigenvalue weighted by Crippen LogP contribution is -2.18. The number of non-ortho nitro benzene ring substituents is 1. The van der Waals surface area contributed by atoms with Gasteiger partial charge in [-0.15, -0.1) is 0 Å². The minimum atomic E-state index is -0.449. The molecule has 3 rings (SSSR count). The number of hydrogen-bond donors (Lipinski definition) is 2. The molecule has 0 unspecified atom stereocenters. The molecule has 1 heterocycles. The lowest BCUT2D eigenvalue weighted by atomic mass is 10.2. The molecule has 0 spiro atoms. The zero-order valence-corrected chi connectivity index (χ0v) is 16.0. The highest BCUT2D eigenvalue weighted by molar-refractivity contribution is 7.80. The lowest BCUT2D eigenvalue weighted by molar-refractivity contribution is -0.384. The molecule has 1 aromatic heterocycles. The van der Waals surface area contributed by atoms with E-state index >= 15 is 0 Å². The molecule has 144 valence electrons. The zero-order valence-electron chi connectivity index (χ0n) is 15.2. The fraction of sp³-hybridized carbons (Fsp3) is 0.158. The van der Waals surface area contributed by atoms with Crippen molar-refractivity contribution in [3.8, 4) is 5.75 Å². The number of nitrogens with one attached hydrogen (secondary N) is 2. The monoisotopic (exact) mass is 397 g/mol. The first-order chi connectivity index (χ1) is 13.5. The lowest BCUT2D eigenvalue weighted by Gasteiger charge is -2.09. The second kappa shape index (κ2) is 8.96. The minimum absolute atomic E-state index is 0.0232. The summed E-state index contributed by atoms with van der Waals surface area (Å²) < 4.78 is 7.35. The van der Waals surface area contributed by atoms with Gasteiger partial charge in [0.05, 0.1) is 23.0 Å². The summed E-state index contributed by atoms with van der Waals surface area (Å²) in [7, 11) is 0. The Kier molecular flexibility index (Phi) is 6.18. The van der Waals surface area contributed by atoms with Gasteiger partial charge >= 0.3 is 0 Å². The number of hydrogen-bond acceptors (Lipinski definition) is 5. The van der Waals surface area contributed by atoms with E-state index in [1.807, 2.05) is 24.3 Å². The van der Waals surface area contributed by atoms with Crippen LogP contribution in [-0.2, 0) is 13.2 Å². The quantitative estimate of drug-likeness (QED) is 0.350. The van der Waals surface area contributed by atoms with Crippen molar-refractivity contribution in [3.63, 3.8) is 0 Å². The predicted octanol–water partition coefficient (Wildman–Crippen LogP) is 4.20. The third kappa shape index (κ3) is 5.27. The molecule has 28 heavy (non-hydrogen) atoms. The van der Waals surface area contributed by atoms with Gasteiger partial charge in [0, 0.05) is 17.8 Å². The van der Waals surface area contributed by atoms with E-state index in [0.717, 1.165) is 12.2 Å². The summed E-state index contributed by atoms with van der Waals surface area (Å²) in [5, 5.41) is 21.2. The topological polar surface area (TPSA) is 94.2 Å². The SMILES string of the molecule is CCc1ccc(OCn2cc(NC(=S)Nc3ccc([N+](=O)[O-])cc3)cn2)cc1. The summed E-state index contributed by atoms with van der Waals surface area (Å²) in [5.74, 6) is 0.776. The number of nitrogens with zero attached hydrogens (tertiary/aromatic N) is 3. The Morgan fingerprint density at radius 1 is 1.14 bits per heavy atom. The Balaban J connectivity index is 1.50. The van der Waals surface area contributed by atoms with Gasteiger partial charge in [-0.3, -0.25) is 10.1 Å². The number of benzene rings is 2. The number of thiocarbonyl (C=S) groups is 1. The Morgan fingerprint density at radius 2 is 1.82 bits per heavy atom. The Bertz CT molecular complexity index is 954. The van der Waals surface area contributed by atoms with Gasteiger partial charge in [0.2, 0.25) is 0 Å². The van der Waals surface area contributed by atoms with Gasteiger partial charge in [-0.1, -0.05) is 19.1 Å². The van der Waals surface area contributed by atoms with Crippen molar-refractivity contribution < 1.29 is 9.66 Å². The van der Waals surface area contributed by atoms with Crippen molar-refractivity contribution in [3.05, 3.63) is 76.6 Å². The van der Waals surface area contributed by atoms with E-state index < -0.39 is 4.92 Å². The van der Waals surface area contributed by atoms with Crippen LogP contribution in [0.15, 0.2) is 60.9 Å². The van der Waals surface area contributed by atoms with Crippen LogP contribution in [0.4, 0.5) is 17.1 Å². The summed E-state index contributed by atoms with van der Waals surface area (Å²) in [4.78, 5) is 10.2. The highest BCUT2D eigenvalue weighted by Gasteiger charge is 2.06. The average Bonchev–Trinajstić information content (AvgIpc) is 3.14. The number of rotatable bonds is 7. The Labute approximate surface area is 167 Å². The molecule has 0 bridgehead atoms. The molecule has 2 aromatic carbocycles. The van der Waals surface area contributed by atoms with Crippen molar-refractivity contribution in [2.75, 3.05) is 10.6 Å². The van der Waals surface area contributed by atoms with Crippen LogP contribution in [-0.4, -0.2) is 19.8 Å². The fourth-order valence-electron chi connectivity index (χ4n) is 2.42. The highest BCUT2D eigenvalue weighted by Crippen LogP contribution is 2.16. The normalized spacial score (nSPS) is 10.3. The zero-order chi connectivity index (χ0) is 19.9. The van der Waals surface area contributed by atoms with Crippen molar-refractivity contribution in [1.29, 1.82) is 0 Å². The first-order valence-electron chi connectivity index (χ1n) is 8.60. The first kappa shape index (κ1) is 19.3. The summed E-state index contributed by atoms with van der Waals surface area (Å²) in [5.41, 5.74) is 2.63. The maximum Gasteiger partial charge on any atom is 0.269 e. The number of aryl methyl sites for hydroxylation is 1. The van der Waals surface area contributed by atoms with Crippen LogP contribution in [0.5, 0.6) is 5.75 Å². The molecule has 0 aliphatic carbocycles. The van der Waals surface area contributed by atoms with Gasteiger partial charge in [-0.2, -0.15) is 5.10 Å². The molecule has 0 saturated carbocycles. The second-order valence-corrected chi connectivity index (χ2v) is 6.33. The highest BCUT2D eigenvalue weighted by atomic mass is 32.1. The maximum atomic E-state index is 10.7. The van der Waals surface area contributed by atoms with E-state index in [9.17, 15) is 10.1 Å². The van der Waals surface area contributed by atoms with Gasteiger partial charge in [-0.25, -0.2) is 4.68 Å². The largest absolute Gasteiger partial charge is 0.471 e.